The van der Waals surface area contributed by atoms with Gasteiger partial charge in [0.05, 0.1) is 49.0 Å². The minimum Gasteiger partial charge on any atom is -0.497 e. The highest BCUT2D eigenvalue weighted by molar-refractivity contribution is 6.31. The number of nitrogens with zero attached hydrogens (tertiary/aromatic N) is 2. The third-order valence-electron chi connectivity index (χ3n) is 8.77. The van der Waals surface area contributed by atoms with E-state index in [-0.39, 0.29) is 47.0 Å². The molecule has 0 bridgehead atoms. The van der Waals surface area contributed by atoms with Crippen molar-refractivity contribution in [1.82, 2.24) is 4.90 Å². The number of anilines is 2. The number of nitrogens with one attached hydrogen (secondary N) is 1. The molecule has 2 saturated heterocycles. The highest BCUT2D eigenvalue weighted by Gasteiger charge is 2.52. The van der Waals surface area contributed by atoms with Crippen molar-refractivity contribution in [1.29, 1.82) is 0 Å². The molecule has 9 nitrogen and oxygen atoms in total. The highest BCUT2D eigenvalue weighted by Crippen LogP contribution is 2.48. The van der Waals surface area contributed by atoms with E-state index in [1.807, 2.05) is 19.1 Å². The molecule has 230 valence electrons. The van der Waals surface area contributed by atoms with Gasteiger partial charge in [0.1, 0.15) is 11.5 Å². The zero-order valence-electron chi connectivity index (χ0n) is 24.6. The van der Waals surface area contributed by atoms with Crippen LogP contribution in [0.5, 0.6) is 11.5 Å². The van der Waals surface area contributed by atoms with Crippen molar-refractivity contribution in [2.24, 2.45) is 11.8 Å². The summed E-state index contributed by atoms with van der Waals surface area (Å²) in [7, 11) is 3.14. The van der Waals surface area contributed by atoms with Crippen LogP contribution in [0.25, 0.3) is 0 Å². The highest BCUT2D eigenvalue weighted by atomic mass is 35.5. The Hall–Kier alpha value is -4.31. The number of methoxy groups -OCH3 is 2. The van der Waals surface area contributed by atoms with Gasteiger partial charge in [-0.25, -0.2) is 9.18 Å². The largest absolute Gasteiger partial charge is 0.497 e. The van der Waals surface area contributed by atoms with Crippen molar-refractivity contribution in [2.75, 3.05) is 37.5 Å². The van der Waals surface area contributed by atoms with Crippen molar-refractivity contribution in [2.45, 2.75) is 37.8 Å². The number of fused-ring (bicyclic) bond motifs is 2. The molecule has 0 saturated carbocycles. The topological polar surface area (TPSA) is 97.4 Å². The van der Waals surface area contributed by atoms with Crippen molar-refractivity contribution in [3.8, 4) is 11.5 Å². The molecule has 3 aromatic rings. The van der Waals surface area contributed by atoms with Crippen LogP contribution in [0.3, 0.4) is 0 Å². The van der Waals surface area contributed by atoms with Crippen molar-refractivity contribution < 1.29 is 33.0 Å². The van der Waals surface area contributed by atoms with Crippen LogP contribution in [0.1, 0.15) is 43.4 Å². The molecule has 6 rings (SSSR count). The van der Waals surface area contributed by atoms with Crippen LogP contribution in [0.2, 0.25) is 5.02 Å². The average molecular weight is 622 g/mol. The van der Waals surface area contributed by atoms with Gasteiger partial charge >= 0.3 is 6.09 Å². The fourth-order valence-corrected chi connectivity index (χ4v) is 7.10. The van der Waals surface area contributed by atoms with Crippen molar-refractivity contribution >= 4 is 40.9 Å². The smallest absolute Gasteiger partial charge is 0.412 e. The molecule has 3 aliphatic heterocycles. The molecule has 4 atom stereocenters. The van der Waals surface area contributed by atoms with Crippen LogP contribution in [-0.2, 0) is 19.9 Å². The Balaban J connectivity index is 1.40. The predicted octanol–water partition coefficient (Wildman–Crippen LogP) is 6.31. The van der Waals surface area contributed by atoms with Gasteiger partial charge in [0, 0.05) is 18.7 Å². The summed E-state index contributed by atoms with van der Waals surface area (Å²) in [5.41, 5.74) is 0.393. The second-order valence-electron chi connectivity index (χ2n) is 11.6. The number of ether oxygens (including phenoxy) is 3. The van der Waals surface area contributed by atoms with Gasteiger partial charge in [-0.15, -0.1) is 0 Å². The lowest BCUT2D eigenvalue weighted by Crippen LogP contribution is -2.58. The summed E-state index contributed by atoms with van der Waals surface area (Å²) in [6.45, 7) is 2.27. The number of rotatable bonds is 5. The number of benzene rings is 3. The summed E-state index contributed by atoms with van der Waals surface area (Å²) in [5.74, 6) is -0.477. The maximum Gasteiger partial charge on any atom is 0.412 e. The number of piperidine rings is 2. The van der Waals surface area contributed by atoms with Gasteiger partial charge in [-0.2, -0.15) is 0 Å². The Labute approximate surface area is 259 Å². The quantitative estimate of drug-likeness (QED) is 0.359. The summed E-state index contributed by atoms with van der Waals surface area (Å²) < 4.78 is 32.1. The van der Waals surface area contributed by atoms with E-state index in [2.05, 4.69) is 5.32 Å². The molecular formula is C33H33ClFN3O6. The summed E-state index contributed by atoms with van der Waals surface area (Å²) in [6.07, 6.45) is 0.0789. The van der Waals surface area contributed by atoms with Crippen LogP contribution in [0.4, 0.5) is 20.6 Å². The van der Waals surface area contributed by atoms with Crippen LogP contribution >= 0.6 is 11.6 Å². The number of hydrogen-bond acceptors (Lipinski definition) is 6. The van der Waals surface area contributed by atoms with Crippen LogP contribution in [0, 0.1) is 17.7 Å². The van der Waals surface area contributed by atoms with E-state index in [1.54, 1.807) is 66.5 Å². The SMILES string of the molecule is COc1ccc(C2C(C(=O)N3CC(C)CC4(C3)OC(=O)Nc3ccc(Cl)c(F)c34)CCC(=O)N2c2ccc(OC)cc2)cc1. The van der Waals surface area contributed by atoms with Crippen molar-refractivity contribution in [3.63, 3.8) is 0 Å². The summed E-state index contributed by atoms with van der Waals surface area (Å²) in [4.78, 5) is 44.2. The van der Waals surface area contributed by atoms with Crippen LogP contribution in [-0.4, -0.2) is 50.1 Å². The fraction of sp³-hybridized carbons (Fsp3) is 0.364. The third kappa shape index (κ3) is 5.21. The Kier molecular flexibility index (Phi) is 7.88. The van der Waals surface area contributed by atoms with Crippen molar-refractivity contribution in [3.05, 3.63) is 82.6 Å². The first kappa shape index (κ1) is 29.7. The number of halogens is 2. The monoisotopic (exact) mass is 621 g/mol. The summed E-state index contributed by atoms with van der Waals surface area (Å²) in [6, 6.07) is 16.8. The minimum atomic E-state index is -1.42. The Morgan fingerprint density at radius 2 is 1.68 bits per heavy atom. The lowest BCUT2D eigenvalue weighted by Gasteiger charge is -2.49. The standard InChI is InChI=1S/C33H33ClFN3O6/c1-19-16-33(28-26(36-32(41)44-33)14-13-25(34)29(28)35)18-37(17-19)31(40)24-12-15-27(39)38(21-6-10-23(43-3)11-7-21)30(24)20-4-8-22(42-2)9-5-20/h4-11,13-14,19,24,30H,12,15-18H2,1-3H3,(H,36,41). The van der Waals surface area contributed by atoms with Crippen LogP contribution < -0.4 is 19.7 Å². The second kappa shape index (κ2) is 11.6. The lowest BCUT2D eigenvalue weighted by atomic mass is 9.77. The zero-order chi connectivity index (χ0) is 31.2. The first-order valence-corrected chi connectivity index (χ1v) is 14.9. The molecule has 1 N–H and O–H groups in total. The van der Waals surface area contributed by atoms with Crippen LogP contribution in [0.15, 0.2) is 60.7 Å². The van der Waals surface area contributed by atoms with E-state index >= 15 is 4.39 Å². The number of amides is 3. The first-order chi connectivity index (χ1) is 21.1. The normalized spacial score (nSPS) is 24.8. The van der Waals surface area contributed by atoms with E-state index < -0.39 is 29.5 Å². The van der Waals surface area contributed by atoms with E-state index in [1.165, 1.54) is 6.07 Å². The number of carbonyl (C=O) groups excluding carboxylic acids is 3. The van der Waals surface area contributed by atoms with E-state index in [9.17, 15) is 14.4 Å². The molecule has 0 aromatic heterocycles. The maximum absolute atomic E-state index is 15.6. The number of carbonyl (C=O) groups is 3. The molecule has 11 heteroatoms. The lowest BCUT2D eigenvalue weighted by molar-refractivity contribution is -0.148. The fourth-order valence-electron chi connectivity index (χ4n) is 6.94. The summed E-state index contributed by atoms with van der Waals surface area (Å²) in [5, 5.41) is 2.47. The Bertz CT molecular complexity index is 1600. The maximum atomic E-state index is 15.6. The first-order valence-electron chi connectivity index (χ1n) is 14.5. The average Bonchev–Trinajstić information content (AvgIpc) is 3.02. The van der Waals surface area contributed by atoms with Gasteiger partial charge in [0.2, 0.25) is 11.8 Å². The van der Waals surface area contributed by atoms with E-state index in [4.69, 9.17) is 25.8 Å². The van der Waals surface area contributed by atoms with Gasteiger partial charge in [-0.1, -0.05) is 30.7 Å². The van der Waals surface area contributed by atoms with Gasteiger partial charge in [0.25, 0.3) is 0 Å². The van der Waals surface area contributed by atoms with Gasteiger partial charge in [0.15, 0.2) is 11.4 Å². The zero-order valence-corrected chi connectivity index (χ0v) is 25.4. The minimum absolute atomic E-state index is 0.0455. The van der Waals surface area contributed by atoms with E-state index in [0.717, 1.165) is 5.56 Å². The molecule has 3 heterocycles. The Morgan fingerprint density at radius 1 is 1.02 bits per heavy atom. The van der Waals surface area contributed by atoms with Gasteiger partial charge in [-0.3, -0.25) is 14.9 Å². The molecule has 3 aromatic carbocycles. The number of hydrogen-bond donors (Lipinski definition) is 1. The molecule has 4 unspecified atom stereocenters. The molecule has 2 fully saturated rings. The number of likely N-dealkylation sites (tertiary alicyclic amines) is 1. The molecule has 3 aliphatic rings. The molecule has 1 spiro atoms. The Morgan fingerprint density at radius 3 is 2.34 bits per heavy atom. The predicted molar refractivity (Wildman–Crippen MR) is 162 cm³/mol. The second-order valence-corrected chi connectivity index (χ2v) is 12.1. The van der Waals surface area contributed by atoms with Gasteiger partial charge < -0.3 is 24.0 Å². The third-order valence-corrected chi connectivity index (χ3v) is 9.06. The van der Waals surface area contributed by atoms with E-state index in [0.29, 0.717) is 36.6 Å². The summed E-state index contributed by atoms with van der Waals surface area (Å²) >= 11 is 6.18. The molecular weight excluding hydrogens is 589 g/mol. The molecule has 0 radical (unpaired) electrons. The molecule has 3 amide bonds. The molecule has 44 heavy (non-hydrogen) atoms. The van der Waals surface area contributed by atoms with Gasteiger partial charge in [-0.05, 0) is 72.9 Å². The molecule has 0 aliphatic carbocycles.